The van der Waals surface area contributed by atoms with Crippen LogP contribution in [-0.4, -0.2) is 21.4 Å². The molecule has 3 aromatic carbocycles. The van der Waals surface area contributed by atoms with Gasteiger partial charge in [-0.3, -0.25) is 9.52 Å². The van der Waals surface area contributed by atoms with E-state index in [-0.39, 0.29) is 33.6 Å². The summed E-state index contributed by atoms with van der Waals surface area (Å²) in [6.07, 6.45) is 0. The predicted octanol–water partition coefficient (Wildman–Crippen LogP) is 4.08. The molecule has 0 atom stereocenters. The lowest BCUT2D eigenvalue weighted by Crippen LogP contribution is -2.23. The largest absolute Gasteiger partial charge is 0.496 e. The van der Waals surface area contributed by atoms with Crippen LogP contribution < -0.4 is 14.8 Å². The van der Waals surface area contributed by atoms with Crippen molar-refractivity contribution in [1.29, 1.82) is 0 Å². The van der Waals surface area contributed by atoms with Crippen molar-refractivity contribution in [2.24, 2.45) is 0 Å². The van der Waals surface area contributed by atoms with Crippen LogP contribution in [0.5, 0.6) is 5.75 Å². The number of hydrogen-bond acceptors (Lipinski definition) is 4. The Morgan fingerprint density at radius 3 is 2.38 bits per heavy atom. The summed E-state index contributed by atoms with van der Waals surface area (Å²) in [4.78, 5) is 12.6. The van der Waals surface area contributed by atoms with E-state index >= 15 is 0 Å². The van der Waals surface area contributed by atoms with Crippen molar-refractivity contribution in [3.63, 3.8) is 0 Å². The summed E-state index contributed by atoms with van der Waals surface area (Å²) in [5, 5.41) is 2.92. The summed E-state index contributed by atoms with van der Waals surface area (Å²) < 4.78 is 32.5. The monoisotopic (exact) mass is 430 g/mol. The third-order valence-corrected chi connectivity index (χ3v) is 5.86. The first-order valence-electron chi connectivity index (χ1n) is 8.68. The summed E-state index contributed by atoms with van der Waals surface area (Å²) in [5.74, 6) is 0.294. The van der Waals surface area contributed by atoms with Crippen LogP contribution in [0.25, 0.3) is 0 Å². The molecule has 0 unspecified atom stereocenters. The molecule has 0 spiro atoms. The van der Waals surface area contributed by atoms with Gasteiger partial charge in [0.15, 0.2) is 0 Å². The SMILES string of the molecule is COc1ccccc1CNC(=O)c1ccc(NS(=O)(=O)c2ccccc2)cc1Cl. The van der Waals surface area contributed by atoms with E-state index in [1.807, 2.05) is 24.3 Å². The molecule has 3 rings (SSSR count). The summed E-state index contributed by atoms with van der Waals surface area (Å²) in [5.41, 5.74) is 1.33. The fourth-order valence-electron chi connectivity index (χ4n) is 2.70. The molecule has 0 heterocycles. The molecule has 0 saturated carbocycles. The van der Waals surface area contributed by atoms with Gasteiger partial charge in [0.25, 0.3) is 15.9 Å². The third-order valence-electron chi connectivity index (χ3n) is 4.15. The summed E-state index contributed by atoms with van der Waals surface area (Å²) in [6, 6.07) is 19.7. The van der Waals surface area contributed by atoms with Crippen LogP contribution in [0.4, 0.5) is 5.69 Å². The number of methoxy groups -OCH3 is 1. The molecule has 0 aromatic heterocycles. The standard InChI is InChI=1S/C21H19ClN2O4S/c1-28-20-10-6-5-7-15(20)14-23-21(25)18-12-11-16(13-19(18)22)24-29(26,27)17-8-3-2-4-9-17/h2-13,24H,14H2,1H3,(H,23,25). The van der Waals surface area contributed by atoms with E-state index in [2.05, 4.69) is 10.0 Å². The number of amides is 1. The van der Waals surface area contributed by atoms with Crippen LogP contribution in [0.15, 0.2) is 77.7 Å². The van der Waals surface area contributed by atoms with Crippen molar-refractivity contribution >= 4 is 33.2 Å². The Morgan fingerprint density at radius 2 is 1.69 bits per heavy atom. The van der Waals surface area contributed by atoms with Crippen molar-refractivity contribution < 1.29 is 17.9 Å². The Balaban J connectivity index is 1.71. The molecule has 1 amide bonds. The van der Waals surface area contributed by atoms with Crippen molar-refractivity contribution in [3.8, 4) is 5.75 Å². The molecule has 3 aromatic rings. The molecule has 0 aliphatic rings. The number of para-hydroxylation sites is 1. The maximum Gasteiger partial charge on any atom is 0.261 e. The van der Waals surface area contributed by atoms with Gasteiger partial charge >= 0.3 is 0 Å². The van der Waals surface area contributed by atoms with Crippen molar-refractivity contribution in [3.05, 3.63) is 88.9 Å². The van der Waals surface area contributed by atoms with Crippen molar-refractivity contribution in [1.82, 2.24) is 5.32 Å². The zero-order chi connectivity index (χ0) is 20.9. The minimum absolute atomic E-state index is 0.134. The van der Waals surface area contributed by atoms with Gasteiger partial charge in [-0.25, -0.2) is 8.42 Å². The lowest BCUT2D eigenvalue weighted by Gasteiger charge is -2.12. The van der Waals surface area contributed by atoms with E-state index in [1.165, 1.54) is 30.3 Å². The first kappa shape index (κ1) is 20.7. The lowest BCUT2D eigenvalue weighted by molar-refractivity contribution is 0.0951. The normalized spacial score (nSPS) is 11.0. The highest BCUT2D eigenvalue weighted by Gasteiger charge is 2.16. The third kappa shape index (κ3) is 5.07. The topological polar surface area (TPSA) is 84.5 Å². The minimum Gasteiger partial charge on any atom is -0.496 e. The van der Waals surface area contributed by atoms with Crippen molar-refractivity contribution in [2.45, 2.75) is 11.4 Å². The van der Waals surface area contributed by atoms with E-state index in [0.717, 1.165) is 5.56 Å². The Labute approximate surface area is 174 Å². The van der Waals surface area contributed by atoms with Gasteiger partial charge < -0.3 is 10.1 Å². The smallest absolute Gasteiger partial charge is 0.261 e. The molecule has 0 aliphatic heterocycles. The molecule has 0 saturated heterocycles. The molecule has 0 aliphatic carbocycles. The van der Waals surface area contributed by atoms with Crippen LogP contribution in [0, 0.1) is 0 Å². The number of ether oxygens (including phenoxy) is 1. The lowest BCUT2D eigenvalue weighted by atomic mass is 10.1. The van der Waals surface area contributed by atoms with Gasteiger partial charge in [-0.05, 0) is 36.4 Å². The Morgan fingerprint density at radius 1 is 1.00 bits per heavy atom. The maximum atomic E-state index is 12.5. The Hall–Kier alpha value is -3.03. The number of carbonyl (C=O) groups excluding carboxylic acids is 1. The van der Waals surface area contributed by atoms with Gasteiger partial charge in [-0.2, -0.15) is 0 Å². The molecule has 0 bridgehead atoms. The number of carbonyl (C=O) groups is 1. The average molecular weight is 431 g/mol. The molecule has 0 fully saturated rings. The second-order valence-electron chi connectivity index (χ2n) is 6.11. The van der Waals surface area contributed by atoms with E-state index < -0.39 is 10.0 Å². The zero-order valence-corrected chi connectivity index (χ0v) is 17.1. The molecule has 8 heteroatoms. The van der Waals surface area contributed by atoms with Gasteiger partial charge in [0.2, 0.25) is 0 Å². The molecule has 2 N–H and O–H groups in total. The summed E-state index contributed by atoms with van der Waals surface area (Å²) in [7, 11) is -2.18. The predicted molar refractivity (Wildman–Crippen MR) is 113 cm³/mol. The van der Waals surface area contributed by atoms with Crippen molar-refractivity contribution in [2.75, 3.05) is 11.8 Å². The first-order chi connectivity index (χ1) is 13.9. The summed E-state index contributed by atoms with van der Waals surface area (Å²) >= 11 is 6.22. The molecular weight excluding hydrogens is 412 g/mol. The van der Waals surface area contributed by atoms with Crippen LogP contribution >= 0.6 is 11.6 Å². The van der Waals surface area contributed by atoms with Crippen LogP contribution in [0.2, 0.25) is 5.02 Å². The molecule has 6 nitrogen and oxygen atoms in total. The quantitative estimate of drug-likeness (QED) is 0.591. The minimum atomic E-state index is -3.74. The maximum absolute atomic E-state index is 12.5. The zero-order valence-electron chi connectivity index (χ0n) is 15.6. The Bertz CT molecular complexity index is 1120. The van der Waals surface area contributed by atoms with Crippen LogP contribution in [0.3, 0.4) is 0 Å². The second kappa shape index (κ2) is 8.98. The van der Waals surface area contributed by atoms with E-state index in [1.54, 1.807) is 25.3 Å². The van der Waals surface area contributed by atoms with Gasteiger partial charge in [0.05, 0.1) is 28.3 Å². The summed E-state index contributed by atoms with van der Waals surface area (Å²) in [6.45, 7) is 0.265. The number of halogens is 1. The van der Waals surface area contributed by atoms with Gasteiger partial charge in [-0.15, -0.1) is 0 Å². The fraction of sp³-hybridized carbons (Fsp3) is 0.0952. The highest BCUT2D eigenvalue weighted by atomic mass is 35.5. The molecule has 0 radical (unpaired) electrons. The fourth-order valence-corrected chi connectivity index (χ4v) is 4.03. The Kier molecular flexibility index (Phi) is 6.41. The number of benzene rings is 3. The van der Waals surface area contributed by atoms with E-state index in [4.69, 9.17) is 16.3 Å². The van der Waals surface area contributed by atoms with Gasteiger partial charge in [0, 0.05) is 12.1 Å². The number of rotatable bonds is 7. The second-order valence-corrected chi connectivity index (χ2v) is 8.20. The van der Waals surface area contributed by atoms with E-state index in [9.17, 15) is 13.2 Å². The molecular formula is C21H19ClN2O4S. The molecule has 29 heavy (non-hydrogen) atoms. The van der Waals surface area contributed by atoms with Gasteiger partial charge in [0.1, 0.15) is 5.75 Å². The van der Waals surface area contributed by atoms with Crippen LogP contribution in [-0.2, 0) is 16.6 Å². The average Bonchev–Trinajstić information content (AvgIpc) is 2.72. The number of anilines is 1. The van der Waals surface area contributed by atoms with E-state index in [0.29, 0.717) is 5.75 Å². The number of nitrogens with one attached hydrogen (secondary N) is 2. The number of hydrogen-bond donors (Lipinski definition) is 2. The van der Waals surface area contributed by atoms with Crippen LogP contribution in [0.1, 0.15) is 15.9 Å². The highest BCUT2D eigenvalue weighted by Crippen LogP contribution is 2.24. The highest BCUT2D eigenvalue weighted by molar-refractivity contribution is 7.92. The molecule has 150 valence electrons. The first-order valence-corrected chi connectivity index (χ1v) is 10.5. The van der Waals surface area contributed by atoms with Gasteiger partial charge in [-0.1, -0.05) is 48.0 Å². The number of sulfonamides is 1.